The fourth-order valence-electron chi connectivity index (χ4n) is 1.89. The van der Waals surface area contributed by atoms with E-state index in [0.29, 0.717) is 19.0 Å². The number of aliphatic hydroxyl groups excluding tert-OH is 1. The summed E-state index contributed by atoms with van der Waals surface area (Å²) in [4.78, 5) is 1.11. The van der Waals surface area contributed by atoms with Gasteiger partial charge in [-0.1, -0.05) is 36.4 Å². The normalized spacial score (nSPS) is 12.3. The summed E-state index contributed by atoms with van der Waals surface area (Å²) in [6.07, 6.45) is -0.487. The molecule has 2 aromatic carbocycles. The Bertz CT molecular complexity index is 560. The minimum Gasteiger partial charge on any atom is -0.399 e. The molecule has 0 aliphatic heterocycles. The highest BCUT2D eigenvalue weighted by Crippen LogP contribution is 2.25. The zero-order valence-corrected chi connectivity index (χ0v) is 13.0. The summed E-state index contributed by atoms with van der Waals surface area (Å²) in [5.74, 6) is 0.596. The van der Waals surface area contributed by atoms with Crippen molar-refractivity contribution in [2.45, 2.75) is 24.5 Å². The maximum Gasteiger partial charge on any atom is 0.0867 e. The van der Waals surface area contributed by atoms with Crippen LogP contribution in [0.5, 0.6) is 0 Å². The van der Waals surface area contributed by atoms with E-state index in [2.05, 4.69) is 0 Å². The maximum absolute atomic E-state index is 9.97. The number of hydrogen-bond donors (Lipinski definition) is 2. The third-order valence-corrected chi connectivity index (χ3v) is 4.37. The Morgan fingerprint density at radius 3 is 2.71 bits per heavy atom. The summed E-state index contributed by atoms with van der Waals surface area (Å²) in [5, 5.41) is 9.97. The lowest BCUT2D eigenvalue weighted by atomic mass is 10.2. The lowest BCUT2D eigenvalue weighted by Crippen LogP contribution is -2.18. The van der Waals surface area contributed by atoms with Crippen LogP contribution in [0.15, 0.2) is 53.4 Å². The fraction of sp³-hybridized carbons (Fsp3) is 0.294. The fourth-order valence-corrected chi connectivity index (χ4v) is 2.88. The van der Waals surface area contributed by atoms with Crippen LogP contribution < -0.4 is 5.73 Å². The minimum atomic E-state index is -0.487. The van der Waals surface area contributed by atoms with Gasteiger partial charge >= 0.3 is 0 Å². The molecule has 1 atom stereocenters. The molecule has 0 radical (unpaired) electrons. The lowest BCUT2D eigenvalue weighted by Gasteiger charge is -2.12. The average molecular weight is 303 g/mol. The summed E-state index contributed by atoms with van der Waals surface area (Å²) in [6.45, 7) is 2.91. The smallest absolute Gasteiger partial charge is 0.0867 e. The molecule has 2 aromatic rings. The first-order valence-corrected chi connectivity index (χ1v) is 7.92. The molecule has 3 nitrogen and oxygen atoms in total. The number of ether oxygens (including phenoxy) is 1. The van der Waals surface area contributed by atoms with Crippen LogP contribution in [0.1, 0.15) is 11.1 Å². The number of hydrogen-bond acceptors (Lipinski definition) is 4. The summed E-state index contributed by atoms with van der Waals surface area (Å²) in [7, 11) is 0. The van der Waals surface area contributed by atoms with Gasteiger partial charge in [-0.2, -0.15) is 0 Å². The number of aryl methyl sites for hydroxylation is 1. The van der Waals surface area contributed by atoms with E-state index in [-0.39, 0.29) is 0 Å². The van der Waals surface area contributed by atoms with Gasteiger partial charge in [0.1, 0.15) is 0 Å². The van der Waals surface area contributed by atoms with Crippen molar-refractivity contribution in [3.05, 3.63) is 59.7 Å². The van der Waals surface area contributed by atoms with Crippen LogP contribution in [-0.2, 0) is 11.3 Å². The van der Waals surface area contributed by atoms with E-state index in [1.807, 2.05) is 55.5 Å². The Hall–Kier alpha value is -1.49. The number of nitrogen functional groups attached to an aromatic ring is 1. The molecule has 0 aromatic heterocycles. The number of nitrogens with two attached hydrogens (primary N) is 1. The molecule has 4 heteroatoms. The molecule has 112 valence electrons. The highest BCUT2D eigenvalue weighted by molar-refractivity contribution is 7.99. The van der Waals surface area contributed by atoms with E-state index in [4.69, 9.17) is 10.5 Å². The van der Waals surface area contributed by atoms with E-state index in [1.54, 1.807) is 11.8 Å². The molecule has 1 unspecified atom stereocenters. The van der Waals surface area contributed by atoms with Gasteiger partial charge in [0.2, 0.25) is 0 Å². The van der Waals surface area contributed by atoms with E-state index in [1.165, 1.54) is 5.56 Å². The van der Waals surface area contributed by atoms with E-state index < -0.39 is 6.10 Å². The van der Waals surface area contributed by atoms with E-state index in [9.17, 15) is 5.11 Å². The van der Waals surface area contributed by atoms with Gasteiger partial charge in [-0.3, -0.25) is 0 Å². The summed E-state index contributed by atoms with van der Waals surface area (Å²) in [6, 6.07) is 15.8. The van der Waals surface area contributed by atoms with Gasteiger partial charge in [0.15, 0.2) is 0 Å². The first-order chi connectivity index (χ1) is 10.1. The molecule has 0 saturated carbocycles. The summed E-state index contributed by atoms with van der Waals surface area (Å²) >= 11 is 1.61. The van der Waals surface area contributed by atoms with Gasteiger partial charge in [0, 0.05) is 16.3 Å². The highest BCUT2D eigenvalue weighted by atomic mass is 32.2. The monoisotopic (exact) mass is 303 g/mol. The Morgan fingerprint density at radius 2 is 1.95 bits per heavy atom. The van der Waals surface area contributed by atoms with Crippen molar-refractivity contribution in [1.29, 1.82) is 0 Å². The number of aliphatic hydroxyl groups is 1. The second kappa shape index (κ2) is 8.08. The van der Waals surface area contributed by atoms with Crippen molar-refractivity contribution < 1.29 is 9.84 Å². The zero-order valence-electron chi connectivity index (χ0n) is 12.2. The third kappa shape index (κ3) is 5.42. The van der Waals surface area contributed by atoms with Gasteiger partial charge in [-0.25, -0.2) is 0 Å². The van der Waals surface area contributed by atoms with Crippen molar-refractivity contribution in [3.8, 4) is 0 Å². The number of thioether (sulfide) groups is 1. The molecule has 0 fully saturated rings. The molecule has 0 bridgehead atoms. The molecule has 0 aliphatic rings. The molecule has 0 amide bonds. The van der Waals surface area contributed by atoms with Crippen LogP contribution in [0.25, 0.3) is 0 Å². The molecule has 2 rings (SSSR count). The standard InChI is InChI=1S/C17H21NO2S/c1-13-7-8-15(18)9-17(13)21-12-16(19)11-20-10-14-5-3-2-4-6-14/h2-9,16,19H,10-12,18H2,1H3. The van der Waals surface area contributed by atoms with Crippen LogP contribution in [0.4, 0.5) is 5.69 Å². The van der Waals surface area contributed by atoms with Crippen LogP contribution in [0.3, 0.4) is 0 Å². The molecule has 3 N–H and O–H groups in total. The lowest BCUT2D eigenvalue weighted by molar-refractivity contribution is 0.0398. The minimum absolute atomic E-state index is 0.337. The summed E-state index contributed by atoms with van der Waals surface area (Å²) < 4.78 is 5.54. The second-order valence-electron chi connectivity index (χ2n) is 4.99. The highest BCUT2D eigenvalue weighted by Gasteiger charge is 2.07. The second-order valence-corrected chi connectivity index (χ2v) is 6.05. The van der Waals surface area contributed by atoms with Gasteiger partial charge < -0.3 is 15.6 Å². The average Bonchev–Trinajstić information content (AvgIpc) is 2.49. The maximum atomic E-state index is 9.97. The first kappa shape index (κ1) is 15.9. The molecular weight excluding hydrogens is 282 g/mol. The first-order valence-electron chi connectivity index (χ1n) is 6.94. The van der Waals surface area contributed by atoms with Crippen molar-refractivity contribution in [2.24, 2.45) is 0 Å². The van der Waals surface area contributed by atoms with Gasteiger partial charge in [-0.05, 0) is 30.2 Å². The Kier molecular flexibility index (Phi) is 6.11. The molecule has 0 spiro atoms. The quantitative estimate of drug-likeness (QED) is 0.609. The Labute approximate surface area is 130 Å². The third-order valence-electron chi connectivity index (χ3n) is 3.07. The van der Waals surface area contributed by atoms with Crippen LogP contribution in [-0.4, -0.2) is 23.6 Å². The summed E-state index contributed by atoms with van der Waals surface area (Å²) in [5.41, 5.74) is 8.81. The van der Waals surface area contributed by atoms with Crippen molar-refractivity contribution in [1.82, 2.24) is 0 Å². The van der Waals surface area contributed by atoms with E-state index >= 15 is 0 Å². The van der Waals surface area contributed by atoms with E-state index in [0.717, 1.165) is 16.1 Å². The Balaban J connectivity index is 1.72. The predicted octanol–water partition coefficient (Wildman–Crippen LogP) is 3.25. The van der Waals surface area contributed by atoms with Crippen LogP contribution >= 0.6 is 11.8 Å². The Morgan fingerprint density at radius 1 is 1.19 bits per heavy atom. The largest absolute Gasteiger partial charge is 0.399 e. The van der Waals surface area contributed by atoms with Gasteiger partial charge in [-0.15, -0.1) is 11.8 Å². The molecule has 21 heavy (non-hydrogen) atoms. The van der Waals surface area contributed by atoms with Crippen molar-refractivity contribution in [3.63, 3.8) is 0 Å². The van der Waals surface area contributed by atoms with Gasteiger partial charge in [0.25, 0.3) is 0 Å². The number of benzene rings is 2. The SMILES string of the molecule is Cc1ccc(N)cc1SCC(O)COCc1ccccc1. The topological polar surface area (TPSA) is 55.5 Å². The van der Waals surface area contributed by atoms with Crippen molar-refractivity contribution >= 4 is 17.4 Å². The molecular formula is C17H21NO2S. The van der Waals surface area contributed by atoms with Crippen LogP contribution in [0, 0.1) is 6.92 Å². The number of rotatable bonds is 7. The van der Waals surface area contributed by atoms with Crippen LogP contribution in [0.2, 0.25) is 0 Å². The molecule has 0 saturated heterocycles. The van der Waals surface area contributed by atoms with Crippen molar-refractivity contribution in [2.75, 3.05) is 18.1 Å². The number of anilines is 1. The van der Waals surface area contributed by atoms with Gasteiger partial charge in [0.05, 0.1) is 19.3 Å². The molecule has 0 aliphatic carbocycles. The molecule has 0 heterocycles. The predicted molar refractivity (Wildman–Crippen MR) is 88.4 cm³/mol. The zero-order chi connectivity index (χ0) is 15.1.